The Morgan fingerprint density at radius 3 is 2.26 bits per heavy atom. The molecule has 3 N–H and O–H groups in total. The number of aromatic nitrogens is 5. The maximum atomic E-state index is 14.2. The summed E-state index contributed by atoms with van der Waals surface area (Å²) in [5.74, 6) is -0.853. The third-order valence-corrected chi connectivity index (χ3v) is 9.01. The molecule has 6 rings (SSSR count). The number of hydrogen-bond acceptors (Lipinski definition) is 7. The number of aromatic carboxylic acids is 1. The van der Waals surface area contributed by atoms with Crippen LogP contribution < -0.4 is 10.0 Å². The van der Waals surface area contributed by atoms with Gasteiger partial charge in [0.1, 0.15) is 17.1 Å². The summed E-state index contributed by atoms with van der Waals surface area (Å²) in [5.41, 5.74) is 1.34. The Morgan fingerprint density at radius 2 is 1.72 bits per heavy atom. The number of carboxylic acids is 1. The van der Waals surface area contributed by atoms with E-state index in [2.05, 4.69) is 25.2 Å². The third-order valence-electron chi connectivity index (χ3n) is 7.48. The molecule has 14 heteroatoms. The standard InChI is InChI=1S/C24H28FN5O3S.C5H6N2O2/c1-24(2,25)13-28-34(32,33)22-18-10-17(29-23(31)21-6-7-27-30(21)3)9-15(18)8-16-12-26-20(11-19(16)22)14-4-5-14;1-7-4(5(8)9)2-3-6-7/h6-8,11-12,14,17,28H,4-5,9-10,13H2,1-3H3,(H,29,31);2-3H,1H3,(H,8,9). The molecule has 0 spiro atoms. The van der Waals surface area contributed by atoms with Crippen molar-refractivity contribution in [3.05, 3.63) is 71.1 Å². The van der Waals surface area contributed by atoms with E-state index in [-0.39, 0.29) is 29.1 Å². The van der Waals surface area contributed by atoms with Gasteiger partial charge in [0.2, 0.25) is 10.0 Å². The highest BCUT2D eigenvalue weighted by Gasteiger charge is 2.34. The first-order valence-electron chi connectivity index (χ1n) is 13.9. The van der Waals surface area contributed by atoms with E-state index >= 15 is 0 Å². The van der Waals surface area contributed by atoms with E-state index in [4.69, 9.17) is 5.11 Å². The van der Waals surface area contributed by atoms with Gasteiger partial charge >= 0.3 is 5.97 Å². The number of carbonyl (C=O) groups is 2. The molecule has 0 radical (unpaired) electrons. The number of amides is 1. The number of carboxylic acid groups (broad SMARTS) is 1. The Kier molecular flexibility index (Phi) is 8.09. The molecule has 1 aromatic carbocycles. The minimum Gasteiger partial charge on any atom is -0.477 e. The second-order valence-electron chi connectivity index (χ2n) is 11.6. The fourth-order valence-electron chi connectivity index (χ4n) is 5.16. The molecule has 1 unspecified atom stereocenters. The topological polar surface area (TPSA) is 161 Å². The van der Waals surface area contributed by atoms with Crippen molar-refractivity contribution in [1.29, 1.82) is 0 Å². The van der Waals surface area contributed by atoms with Gasteiger partial charge in [-0.2, -0.15) is 10.2 Å². The van der Waals surface area contributed by atoms with E-state index in [0.29, 0.717) is 35.4 Å². The molecular formula is C29H34FN7O5S. The van der Waals surface area contributed by atoms with Crippen LogP contribution in [0.25, 0.3) is 10.8 Å². The van der Waals surface area contributed by atoms with Crippen molar-refractivity contribution in [2.24, 2.45) is 14.1 Å². The monoisotopic (exact) mass is 611 g/mol. The minimum absolute atomic E-state index is 0.172. The van der Waals surface area contributed by atoms with Crippen molar-refractivity contribution < 1.29 is 27.5 Å². The lowest BCUT2D eigenvalue weighted by atomic mass is 10.0. The number of alkyl halides is 1. The predicted octanol–water partition coefficient (Wildman–Crippen LogP) is 2.89. The van der Waals surface area contributed by atoms with Crippen LogP contribution in [0.4, 0.5) is 4.39 Å². The summed E-state index contributed by atoms with van der Waals surface area (Å²) < 4.78 is 46.5. The minimum atomic E-state index is -4.01. The van der Waals surface area contributed by atoms with Gasteiger partial charge in [-0.05, 0) is 74.9 Å². The molecule has 1 saturated carbocycles. The van der Waals surface area contributed by atoms with E-state index in [1.807, 2.05) is 12.1 Å². The molecule has 1 fully saturated rings. The van der Waals surface area contributed by atoms with Crippen LogP contribution in [0.5, 0.6) is 0 Å². The summed E-state index contributed by atoms with van der Waals surface area (Å²) in [5, 5.41) is 20.4. The van der Waals surface area contributed by atoms with Gasteiger partial charge in [0.25, 0.3) is 5.91 Å². The van der Waals surface area contributed by atoms with Gasteiger partial charge in [-0.3, -0.25) is 19.1 Å². The lowest BCUT2D eigenvalue weighted by Gasteiger charge is -2.18. The number of nitrogens with zero attached hydrogens (tertiary/aromatic N) is 5. The second-order valence-corrected chi connectivity index (χ2v) is 13.3. The van der Waals surface area contributed by atoms with Gasteiger partial charge in [0.15, 0.2) is 0 Å². The van der Waals surface area contributed by atoms with Crippen LogP contribution in [0.1, 0.15) is 70.4 Å². The summed E-state index contributed by atoms with van der Waals surface area (Å²) in [6, 6.07) is 6.64. The van der Waals surface area contributed by atoms with Crippen LogP contribution in [0.3, 0.4) is 0 Å². The zero-order valence-electron chi connectivity index (χ0n) is 24.3. The number of sulfonamides is 1. The summed E-state index contributed by atoms with van der Waals surface area (Å²) in [4.78, 5) is 27.7. The van der Waals surface area contributed by atoms with Gasteiger partial charge < -0.3 is 10.4 Å². The van der Waals surface area contributed by atoms with Crippen LogP contribution >= 0.6 is 0 Å². The number of nitrogens with one attached hydrogen (secondary N) is 2. The number of benzene rings is 1. The molecule has 1 atom stereocenters. The number of aryl methyl sites for hydroxylation is 2. The van der Waals surface area contributed by atoms with Crippen LogP contribution in [0.15, 0.2) is 47.8 Å². The molecule has 3 aromatic heterocycles. The SMILES string of the molecule is Cn1nccc1C(=O)NC1Cc2cc3cnc(C4CC4)cc3c(S(=O)(=O)NCC(C)(C)F)c2C1.Cn1nccc1C(=O)O. The first-order chi connectivity index (χ1) is 20.2. The van der Waals surface area contributed by atoms with Crippen molar-refractivity contribution in [3.8, 4) is 0 Å². The summed E-state index contributed by atoms with van der Waals surface area (Å²) in [6.07, 6.45) is 7.68. The number of rotatable bonds is 8. The van der Waals surface area contributed by atoms with Crippen molar-refractivity contribution >= 4 is 32.7 Å². The Morgan fingerprint density at radius 1 is 1.07 bits per heavy atom. The smallest absolute Gasteiger partial charge is 0.354 e. The van der Waals surface area contributed by atoms with Crippen molar-refractivity contribution in [3.63, 3.8) is 0 Å². The first-order valence-corrected chi connectivity index (χ1v) is 15.3. The molecule has 1 amide bonds. The summed E-state index contributed by atoms with van der Waals surface area (Å²) in [7, 11) is -0.734. The molecule has 0 saturated heterocycles. The maximum Gasteiger partial charge on any atom is 0.354 e. The van der Waals surface area contributed by atoms with E-state index in [0.717, 1.165) is 29.5 Å². The maximum absolute atomic E-state index is 14.2. The van der Waals surface area contributed by atoms with Crippen molar-refractivity contribution in [2.45, 2.75) is 62.1 Å². The van der Waals surface area contributed by atoms with Gasteiger partial charge in [0.05, 0.1) is 4.90 Å². The number of hydrogen-bond donors (Lipinski definition) is 3. The average molecular weight is 612 g/mol. The molecule has 228 valence electrons. The first kappa shape index (κ1) is 30.3. The van der Waals surface area contributed by atoms with Gasteiger partial charge in [-0.15, -0.1) is 0 Å². The molecule has 0 bridgehead atoms. The summed E-state index contributed by atoms with van der Waals surface area (Å²) >= 11 is 0. The zero-order chi connectivity index (χ0) is 31.1. The second kappa shape index (κ2) is 11.5. The molecule has 12 nitrogen and oxygen atoms in total. The Balaban J connectivity index is 0.000000351. The molecule has 3 heterocycles. The van der Waals surface area contributed by atoms with Crippen LogP contribution in [-0.2, 0) is 37.0 Å². The Bertz CT molecular complexity index is 1810. The normalized spacial score (nSPS) is 16.4. The van der Waals surface area contributed by atoms with E-state index in [1.54, 1.807) is 32.6 Å². The molecule has 4 aromatic rings. The van der Waals surface area contributed by atoms with Gasteiger partial charge in [-0.25, -0.2) is 22.3 Å². The van der Waals surface area contributed by atoms with Crippen molar-refractivity contribution in [1.82, 2.24) is 34.6 Å². The average Bonchev–Trinajstić information content (AvgIpc) is 3.33. The lowest BCUT2D eigenvalue weighted by molar-refractivity contribution is 0.0684. The molecule has 43 heavy (non-hydrogen) atoms. The number of carbonyl (C=O) groups excluding carboxylic acids is 1. The zero-order valence-corrected chi connectivity index (χ0v) is 25.2. The number of pyridine rings is 1. The van der Waals surface area contributed by atoms with Gasteiger partial charge in [-0.1, -0.05) is 0 Å². The highest BCUT2D eigenvalue weighted by atomic mass is 32.2. The van der Waals surface area contributed by atoms with Crippen LogP contribution in [0, 0.1) is 0 Å². The fraction of sp³-hybridized carbons (Fsp3) is 0.414. The summed E-state index contributed by atoms with van der Waals surface area (Å²) in [6.45, 7) is 2.34. The van der Waals surface area contributed by atoms with Crippen LogP contribution in [-0.4, -0.2) is 68.2 Å². The molecule has 0 aliphatic heterocycles. The van der Waals surface area contributed by atoms with E-state index in [9.17, 15) is 22.4 Å². The van der Waals surface area contributed by atoms with Gasteiger partial charge in [0, 0.05) is 67.7 Å². The molecule has 2 aliphatic rings. The van der Waals surface area contributed by atoms with E-state index in [1.165, 1.54) is 35.5 Å². The highest BCUT2D eigenvalue weighted by molar-refractivity contribution is 7.89. The predicted molar refractivity (Wildman–Crippen MR) is 156 cm³/mol. The Hall–Kier alpha value is -4.17. The fourth-order valence-corrected chi connectivity index (χ4v) is 6.84. The third kappa shape index (κ3) is 6.75. The van der Waals surface area contributed by atoms with Crippen molar-refractivity contribution in [2.75, 3.05) is 6.54 Å². The Labute approximate surface area is 248 Å². The lowest BCUT2D eigenvalue weighted by Crippen LogP contribution is -2.37. The highest BCUT2D eigenvalue weighted by Crippen LogP contribution is 2.42. The number of fused-ring (bicyclic) bond motifs is 2. The molecule has 2 aliphatic carbocycles. The van der Waals surface area contributed by atoms with E-state index < -0.39 is 21.7 Å². The van der Waals surface area contributed by atoms with Crippen LogP contribution in [0.2, 0.25) is 0 Å². The quantitative estimate of drug-likeness (QED) is 0.274. The number of halogens is 1. The molecular weight excluding hydrogens is 577 g/mol. The largest absolute Gasteiger partial charge is 0.477 e.